The van der Waals surface area contributed by atoms with E-state index in [2.05, 4.69) is 20.3 Å². The van der Waals surface area contributed by atoms with Crippen molar-refractivity contribution in [3.8, 4) is 0 Å². The fourth-order valence-corrected chi connectivity index (χ4v) is 1.16. The van der Waals surface area contributed by atoms with E-state index in [0.29, 0.717) is 5.95 Å². The van der Waals surface area contributed by atoms with Gasteiger partial charge >= 0.3 is 5.97 Å². The van der Waals surface area contributed by atoms with Crippen LogP contribution in [-0.2, 0) is 16.6 Å². The molecule has 0 bridgehead atoms. The Bertz CT molecular complexity index is 336. The molecule has 0 saturated heterocycles. The predicted molar refractivity (Wildman–Crippen MR) is 53.3 cm³/mol. The Morgan fingerprint density at radius 2 is 2.27 bits per heavy atom. The summed E-state index contributed by atoms with van der Waals surface area (Å²) in [5.74, 6) is 0.238. The molecule has 15 heavy (non-hydrogen) atoms. The average molecular weight is 213 g/mol. The van der Waals surface area contributed by atoms with Gasteiger partial charge in [-0.05, 0) is 24.3 Å². The molecule has 1 rings (SSSR count). The van der Waals surface area contributed by atoms with Gasteiger partial charge in [0.1, 0.15) is 6.54 Å². The number of tetrazole rings is 1. The Morgan fingerprint density at radius 3 is 2.67 bits per heavy atom. The highest BCUT2D eigenvalue weighted by Crippen LogP contribution is 2.10. The van der Waals surface area contributed by atoms with Gasteiger partial charge in [-0.1, -0.05) is 5.10 Å². The minimum atomic E-state index is -0.313. The van der Waals surface area contributed by atoms with Crippen molar-refractivity contribution in [2.24, 2.45) is 7.05 Å². The summed E-state index contributed by atoms with van der Waals surface area (Å²) >= 11 is 0. The smallest absolute Gasteiger partial charge is 0.325 e. The van der Waals surface area contributed by atoms with Crippen molar-refractivity contribution in [1.82, 2.24) is 20.2 Å². The number of nitrogens with zero attached hydrogens (tertiary/aromatic N) is 5. The van der Waals surface area contributed by atoms with Gasteiger partial charge in [-0.3, -0.25) is 4.79 Å². The number of carbonyl (C=O) groups is 1. The fourth-order valence-electron chi connectivity index (χ4n) is 1.16. The van der Waals surface area contributed by atoms with Crippen LogP contribution in [0.5, 0.6) is 0 Å². The van der Waals surface area contributed by atoms with Crippen LogP contribution >= 0.6 is 0 Å². The van der Waals surface area contributed by atoms with Crippen LogP contribution in [-0.4, -0.2) is 45.9 Å². The average Bonchev–Trinajstić information content (AvgIpc) is 2.60. The monoisotopic (exact) mass is 213 g/mol. The summed E-state index contributed by atoms with van der Waals surface area (Å²) in [6.07, 6.45) is 0. The SMILES string of the molecule is COC(=O)CN(c1nnnn1C)C(C)C. The molecule has 0 fully saturated rings. The first-order valence-corrected chi connectivity index (χ1v) is 4.62. The summed E-state index contributed by atoms with van der Waals surface area (Å²) < 4.78 is 6.13. The Hall–Kier alpha value is -1.66. The van der Waals surface area contributed by atoms with E-state index in [1.165, 1.54) is 11.8 Å². The summed E-state index contributed by atoms with van der Waals surface area (Å²) in [6, 6.07) is 0.119. The third-order valence-corrected chi connectivity index (χ3v) is 2.01. The highest BCUT2D eigenvalue weighted by Gasteiger charge is 2.19. The standard InChI is InChI=1S/C8H15N5O2/c1-6(2)13(5-7(14)15-4)8-9-10-11-12(8)3/h6H,5H2,1-4H3. The third-order valence-electron chi connectivity index (χ3n) is 2.01. The van der Waals surface area contributed by atoms with E-state index < -0.39 is 0 Å². The van der Waals surface area contributed by atoms with Gasteiger partial charge in [-0.15, -0.1) is 0 Å². The van der Waals surface area contributed by atoms with E-state index in [9.17, 15) is 4.79 Å². The largest absolute Gasteiger partial charge is 0.468 e. The first kappa shape index (κ1) is 11.4. The van der Waals surface area contributed by atoms with Crippen molar-refractivity contribution in [3.05, 3.63) is 0 Å². The van der Waals surface area contributed by atoms with Crippen molar-refractivity contribution in [2.75, 3.05) is 18.6 Å². The molecule has 7 nitrogen and oxygen atoms in total. The van der Waals surface area contributed by atoms with Crippen LogP contribution in [0.1, 0.15) is 13.8 Å². The number of esters is 1. The molecule has 0 radical (unpaired) electrons. The van der Waals surface area contributed by atoms with Crippen molar-refractivity contribution >= 4 is 11.9 Å². The molecule has 0 aliphatic carbocycles. The summed E-state index contributed by atoms with van der Waals surface area (Å²) in [5.41, 5.74) is 0. The van der Waals surface area contributed by atoms with Crippen LogP contribution in [0, 0.1) is 0 Å². The minimum absolute atomic E-state index is 0.119. The first-order chi connectivity index (χ1) is 7.06. The zero-order chi connectivity index (χ0) is 11.4. The number of methoxy groups -OCH3 is 1. The number of hydrogen-bond acceptors (Lipinski definition) is 6. The summed E-state index contributed by atoms with van der Waals surface area (Å²) in [5, 5.41) is 11.1. The number of hydrogen-bond donors (Lipinski definition) is 0. The fraction of sp³-hybridized carbons (Fsp3) is 0.750. The van der Waals surface area contributed by atoms with Crippen molar-refractivity contribution < 1.29 is 9.53 Å². The minimum Gasteiger partial charge on any atom is -0.468 e. The van der Waals surface area contributed by atoms with Crippen LogP contribution in [0.4, 0.5) is 5.95 Å². The van der Waals surface area contributed by atoms with E-state index in [4.69, 9.17) is 0 Å². The highest BCUT2D eigenvalue weighted by atomic mass is 16.5. The van der Waals surface area contributed by atoms with Gasteiger partial charge in [-0.2, -0.15) is 0 Å². The summed E-state index contributed by atoms with van der Waals surface area (Å²) in [4.78, 5) is 13.0. The lowest BCUT2D eigenvalue weighted by Gasteiger charge is -2.24. The van der Waals surface area contributed by atoms with E-state index in [1.54, 1.807) is 11.9 Å². The molecule has 0 amide bonds. The molecule has 1 heterocycles. The molecule has 0 aliphatic heterocycles. The first-order valence-electron chi connectivity index (χ1n) is 4.62. The molecular formula is C8H15N5O2. The molecule has 0 unspecified atom stereocenters. The molecule has 0 atom stereocenters. The molecule has 0 aliphatic rings. The van der Waals surface area contributed by atoms with Gasteiger partial charge < -0.3 is 9.64 Å². The second kappa shape index (κ2) is 4.72. The maximum atomic E-state index is 11.2. The van der Waals surface area contributed by atoms with Gasteiger partial charge in [0.05, 0.1) is 7.11 Å². The van der Waals surface area contributed by atoms with Crippen LogP contribution < -0.4 is 4.90 Å². The third kappa shape index (κ3) is 2.64. The molecule has 1 aromatic rings. The number of anilines is 1. The lowest BCUT2D eigenvalue weighted by Crippen LogP contribution is -2.38. The zero-order valence-corrected chi connectivity index (χ0v) is 9.34. The van der Waals surface area contributed by atoms with Gasteiger partial charge in [0.15, 0.2) is 0 Å². The number of rotatable bonds is 4. The Labute approximate surface area is 88.0 Å². The highest BCUT2D eigenvalue weighted by molar-refractivity contribution is 5.74. The number of aryl methyl sites for hydroxylation is 1. The molecule has 7 heteroatoms. The Balaban J connectivity index is 2.84. The second-order valence-electron chi connectivity index (χ2n) is 3.40. The molecule has 0 spiro atoms. The predicted octanol–water partition coefficient (Wildman–Crippen LogP) is -0.402. The maximum absolute atomic E-state index is 11.2. The van der Waals surface area contributed by atoms with Gasteiger partial charge in [0, 0.05) is 13.1 Å². The molecular weight excluding hydrogens is 198 g/mol. The van der Waals surface area contributed by atoms with E-state index >= 15 is 0 Å². The molecule has 0 aromatic carbocycles. The molecule has 0 saturated carbocycles. The summed E-state index contributed by atoms with van der Waals surface area (Å²) in [7, 11) is 3.08. The maximum Gasteiger partial charge on any atom is 0.325 e. The van der Waals surface area contributed by atoms with E-state index in [0.717, 1.165) is 0 Å². The lowest BCUT2D eigenvalue weighted by atomic mass is 10.3. The second-order valence-corrected chi connectivity index (χ2v) is 3.40. The Morgan fingerprint density at radius 1 is 1.60 bits per heavy atom. The van der Waals surface area contributed by atoms with E-state index in [1.807, 2.05) is 13.8 Å². The van der Waals surface area contributed by atoms with Gasteiger partial charge in [-0.25, -0.2) is 4.68 Å². The number of aromatic nitrogens is 4. The van der Waals surface area contributed by atoms with Crippen LogP contribution in [0.15, 0.2) is 0 Å². The van der Waals surface area contributed by atoms with Crippen LogP contribution in [0.3, 0.4) is 0 Å². The van der Waals surface area contributed by atoms with Crippen molar-refractivity contribution in [2.45, 2.75) is 19.9 Å². The van der Waals surface area contributed by atoms with Crippen LogP contribution in [0.2, 0.25) is 0 Å². The van der Waals surface area contributed by atoms with Crippen molar-refractivity contribution in [3.63, 3.8) is 0 Å². The Kier molecular flexibility index (Phi) is 3.59. The normalized spacial score (nSPS) is 10.5. The molecule has 0 N–H and O–H groups in total. The number of ether oxygens (including phenoxy) is 1. The lowest BCUT2D eigenvalue weighted by molar-refractivity contribution is -0.139. The number of carbonyl (C=O) groups excluding carboxylic acids is 1. The molecule has 84 valence electrons. The van der Waals surface area contributed by atoms with Crippen LogP contribution in [0.25, 0.3) is 0 Å². The van der Waals surface area contributed by atoms with Crippen molar-refractivity contribution in [1.29, 1.82) is 0 Å². The summed E-state index contributed by atoms with van der Waals surface area (Å²) in [6.45, 7) is 4.05. The van der Waals surface area contributed by atoms with Gasteiger partial charge in [0.25, 0.3) is 0 Å². The quantitative estimate of drug-likeness (QED) is 0.633. The van der Waals surface area contributed by atoms with E-state index in [-0.39, 0.29) is 18.6 Å². The van der Waals surface area contributed by atoms with Gasteiger partial charge in [0.2, 0.25) is 5.95 Å². The zero-order valence-electron chi connectivity index (χ0n) is 9.34. The topological polar surface area (TPSA) is 73.1 Å². The molecule has 1 aromatic heterocycles.